The second-order valence-electron chi connectivity index (χ2n) is 7.55. The number of carboxylic acid groups (broad SMARTS) is 1. The lowest BCUT2D eigenvalue weighted by molar-refractivity contribution is -0.139. The molecule has 0 aliphatic carbocycles. The number of hydrogen-bond donors (Lipinski definition) is 5. The number of amides is 1. The smallest absolute Gasteiger partial charge is 0.326 e. The van der Waals surface area contributed by atoms with Crippen LogP contribution < -0.4 is 21.7 Å². The van der Waals surface area contributed by atoms with Crippen LogP contribution in [0.25, 0.3) is 11.2 Å². The van der Waals surface area contributed by atoms with Gasteiger partial charge in [0.05, 0.1) is 24.8 Å². The molecule has 0 spiro atoms. The molecule has 0 fully saturated rings. The highest BCUT2D eigenvalue weighted by atomic mass is 16.4. The largest absolute Gasteiger partial charge is 0.480 e. The van der Waals surface area contributed by atoms with Crippen molar-refractivity contribution in [2.75, 3.05) is 23.4 Å². The molecule has 1 aromatic carbocycles. The van der Waals surface area contributed by atoms with Crippen LogP contribution in [0.5, 0.6) is 0 Å². The number of carboxylic acids is 1. The summed E-state index contributed by atoms with van der Waals surface area (Å²) in [6.07, 6.45) is 4.64. The average Bonchev–Trinajstić information content (AvgIpc) is 3.32. The van der Waals surface area contributed by atoms with E-state index in [9.17, 15) is 14.7 Å². The van der Waals surface area contributed by atoms with Gasteiger partial charge in [-0.15, -0.1) is 0 Å². The first-order valence-corrected chi connectivity index (χ1v) is 10.2. The van der Waals surface area contributed by atoms with Crippen molar-refractivity contribution in [3.8, 4) is 0 Å². The maximum atomic E-state index is 12.6. The molecule has 174 valence electrons. The van der Waals surface area contributed by atoms with Crippen LogP contribution in [0, 0.1) is 0 Å². The van der Waals surface area contributed by atoms with Crippen molar-refractivity contribution in [2.24, 2.45) is 0 Å². The van der Waals surface area contributed by atoms with Crippen LogP contribution in [0.2, 0.25) is 0 Å². The normalized spacial score (nSPS) is 11.8. The number of benzene rings is 1. The number of nitrogen functional groups attached to an aromatic ring is 2. The fraction of sp³-hybridized carbons (Fsp3) is 0.190. The Hall–Kier alpha value is -4.81. The number of nitrogens with one attached hydrogen (secondary N) is 2. The molecule has 1 amide bonds. The van der Waals surface area contributed by atoms with E-state index in [1.54, 1.807) is 30.5 Å². The number of hydrogen-bond acceptors (Lipinski definition) is 10. The Kier molecular flexibility index (Phi) is 6.16. The van der Waals surface area contributed by atoms with Crippen molar-refractivity contribution >= 4 is 40.5 Å². The number of anilines is 3. The lowest BCUT2D eigenvalue weighted by Crippen LogP contribution is -2.42. The van der Waals surface area contributed by atoms with E-state index >= 15 is 0 Å². The molecule has 4 aromatic rings. The highest BCUT2D eigenvalue weighted by Gasteiger charge is 2.22. The molecule has 0 saturated heterocycles. The second kappa shape index (κ2) is 9.36. The molecule has 0 unspecified atom stereocenters. The van der Waals surface area contributed by atoms with Gasteiger partial charge in [-0.2, -0.15) is 9.97 Å². The fourth-order valence-corrected chi connectivity index (χ4v) is 3.32. The van der Waals surface area contributed by atoms with E-state index in [0.717, 1.165) is 5.69 Å². The Morgan fingerprint density at radius 3 is 2.59 bits per heavy atom. The number of carbonyl (C=O) groups is 2. The topological polar surface area (TPSA) is 202 Å². The molecule has 0 saturated carbocycles. The zero-order chi connectivity index (χ0) is 24.2. The second-order valence-corrected chi connectivity index (χ2v) is 7.55. The summed E-state index contributed by atoms with van der Waals surface area (Å²) in [6.45, 7) is 0.406. The summed E-state index contributed by atoms with van der Waals surface area (Å²) in [5.74, 6) is -1.44. The Bertz CT molecular complexity index is 1320. The van der Waals surface area contributed by atoms with Crippen molar-refractivity contribution in [3.63, 3.8) is 0 Å². The van der Waals surface area contributed by atoms with Gasteiger partial charge in [-0.25, -0.2) is 19.7 Å². The number of rotatable bonds is 8. The fourth-order valence-electron chi connectivity index (χ4n) is 3.32. The molecule has 3 aromatic heterocycles. The van der Waals surface area contributed by atoms with Gasteiger partial charge in [0.15, 0.2) is 17.0 Å². The van der Waals surface area contributed by atoms with Crippen molar-refractivity contribution in [1.82, 2.24) is 35.2 Å². The van der Waals surface area contributed by atoms with E-state index < -0.39 is 17.9 Å². The lowest BCUT2D eigenvalue weighted by Gasteiger charge is -2.19. The Morgan fingerprint density at radius 1 is 1.15 bits per heavy atom. The first-order chi connectivity index (χ1) is 16.3. The van der Waals surface area contributed by atoms with E-state index in [4.69, 9.17) is 11.5 Å². The van der Waals surface area contributed by atoms with E-state index in [1.165, 1.54) is 12.5 Å². The molecule has 13 heteroatoms. The van der Waals surface area contributed by atoms with Crippen LogP contribution in [0.4, 0.5) is 17.5 Å². The van der Waals surface area contributed by atoms with Crippen molar-refractivity contribution in [3.05, 3.63) is 59.9 Å². The molecular formula is C21H22N10O3. The van der Waals surface area contributed by atoms with Gasteiger partial charge < -0.3 is 31.8 Å². The summed E-state index contributed by atoms with van der Waals surface area (Å²) in [6, 6.07) is 5.67. The molecule has 0 bridgehead atoms. The third-order valence-corrected chi connectivity index (χ3v) is 5.05. The summed E-state index contributed by atoms with van der Waals surface area (Å²) in [5, 5.41) is 12.0. The minimum atomic E-state index is -1.13. The van der Waals surface area contributed by atoms with Gasteiger partial charge in [-0.1, -0.05) is 0 Å². The number of nitrogens with two attached hydrogens (primary N) is 2. The maximum Gasteiger partial charge on any atom is 0.326 e. The minimum Gasteiger partial charge on any atom is -0.480 e. The number of H-pyrrole nitrogens is 1. The molecule has 1 atom stereocenters. The zero-order valence-electron chi connectivity index (χ0n) is 18.1. The van der Waals surface area contributed by atoms with Crippen molar-refractivity contribution in [2.45, 2.75) is 19.0 Å². The first kappa shape index (κ1) is 22.4. The van der Waals surface area contributed by atoms with Gasteiger partial charge in [0.25, 0.3) is 5.91 Å². The molecule has 34 heavy (non-hydrogen) atoms. The SMILES string of the molecule is CN(Cc1cnc2nc(N)nc(N)c2n1)c1ccc(C(=O)N[C@@H](Cc2cnc[nH]2)C(=O)O)cc1. The van der Waals surface area contributed by atoms with Crippen LogP contribution in [-0.2, 0) is 17.8 Å². The lowest BCUT2D eigenvalue weighted by atomic mass is 10.1. The Balaban J connectivity index is 1.42. The quantitative estimate of drug-likeness (QED) is 0.242. The van der Waals surface area contributed by atoms with Crippen LogP contribution in [-0.4, -0.2) is 60.0 Å². The molecule has 3 heterocycles. The maximum absolute atomic E-state index is 12.6. The summed E-state index contributed by atoms with van der Waals surface area (Å²) >= 11 is 0. The number of fused-ring (bicyclic) bond motifs is 1. The predicted octanol–water partition coefficient (Wildman–Crippen LogP) is 0.369. The van der Waals surface area contributed by atoms with Gasteiger partial charge in [-0.3, -0.25) is 4.79 Å². The Labute approximate surface area is 193 Å². The van der Waals surface area contributed by atoms with Gasteiger partial charge in [0.1, 0.15) is 6.04 Å². The van der Waals surface area contributed by atoms with Gasteiger partial charge >= 0.3 is 5.97 Å². The minimum absolute atomic E-state index is 0.0317. The van der Waals surface area contributed by atoms with Gasteiger partial charge in [0, 0.05) is 36.6 Å². The van der Waals surface area contributed by atoms with Gasteiger partial charge in [-0.05, 0) is 24.3 Å². The first-order valence-electron chi connectivity index (χ1n) is 10.2. The van der Waals surface area contributed by atoms with Crippen LogP contribution in [0.15, 0.2) is 43.0 Å². The van der Waals surface area contributed by atoms with Crippen LogP contribution >= 0.6 is 0 Å². The molecule has 0 radical (unpaired) electrons. The summed E-state index contributed by atoms with van der Waals surface area (Å²) in [7, 11) is 1.86. The van der Waals surface area contributed by atoms with Crippen LogP contribution in [0.1, 0.15) is 21.7 Å². The Morgan fingerprint density at radius 2 is 1.91 bits per heavy atom. The number of aromatic amines is 1. The average molecular weight is 462 g/mol. The van der Waals surface area contributed by atoms with Crippen molar-refractivity contribution in [1.29, 1.82) is 0 Å². The van der Waals surface area contributed by atoms with E-state index in [0.29, 0.717) is 34.7 Å². The zero-order valence-corrected chi connectivity index (χ0v) is 18.1. The highest BCUT2D eigenvalue weighted by molar-refractivity contribution is 5.97. The molecule has 0 aliphatic heterocycles. The molecule has 13 nitrogen and oxygen atoms in total. The van der Waals surface area contributed by atoms with Gasteiger partial charge in [0.2, 0.25) is 5.95 Å². The summed E-state index contributed by atoms with van der Waals surface area (Å²) in [5.41, 5.74) is 14.5. The number of aliphatic carboxylic acids is 1. The molecular weight excluding hydrogens is 440 g/mol. The molecule has 0 aliphatic rings. The standard InChI is InChI=1S/C21H22N10O3/c1-31(9-13-8-25-18-16(27-13)17(22)29-21(23)30-18)14-4-2-11(3-5-14)19(32)28-15(20(33)34)6-12-7-24-10-26-12/h2-5,7-8,10,15H,6,9H2,1H3,(H,24,26)(H,28,32)(H,33,34)(H4,22,23,25,29,30)/t15-/m0/s1. The highest BCUT2D eigenvalue weighted by Crippen LogP contribution is 2.19. The number of aromatic nitrogens is 6. The monoisotopic (exact) mass is 462 g/mol. The van der Waals surface area contributed by atoms with E-state index in [2.05, 4.69) is 35.2 Å². The molecule has 4 rings (SSSR count). The third kappa shape index (κ3) is 4.98. The number of imidazole rings is 1. The third-order valence-electron chi connectivity index (χ3n) is 5.05. The predicted molar refractivity (Wildman–Crippen MR) is 124 cm³/mol. The summed E-state index contributed by atoms with van der Waals surface area (Å²) < 4.78 is 0. The van der Waals surface area contributed by atoms with Crippen LogP contribution in [0.3, 0.4) is 0 Å². The van der Waals surface area contributed by atoms with Crippen molar-refractivity contribution < 1.29 is 14.7 Å². The number of nitrogens with zero attached hydrogens (tertiary/aromatic N) is 6. The summed E-state index contributed by atoms with van der Waals surface area (Å²) in [4.78, 5) is 49.4. The van der Waals surface area contributed by atoms with E-state index in [1.807, 2.05) is 11.9 Å². The number of carbonyl (C=O) groups excluding carboxylic acids is 1. The molecule has 7 N–H and O–H groups in total. The van der Waals surface area contributed by atoms with E-state index in [-0.39, 0.29) is 18.2 Å².